The Morgan fingerprint density at radius 3 is 2.75 bits per heavy atom. The maximum Gasteiger partial charge on any atom is 0.307 e. The highest BCUT2D eigenvalue weighted by Crippen LogP contribution is 2.24. The number of hydrogen-bond donors (Lipinski definition) is 1. The fourth-order valence-electron chi connectivity index (χ4n) is 2.42. The number of nitrogens with zero attached hydrogens (tertiary/aromatic N) is 1. The summed E-state index contributed by atoms with van der Waals surface area (Å²) in [7, 11) is 0. The van der Waals surface area contributed by atoms with Crippen LogP contribution in [0.1, 0.15) is 25.8 Å². The summed E-state index contributed by atoms with van der Waals surface area (Å²) >= 11 is 0. The molecule has 1 aromatic carbocycles. The molecule has 1 saturated heterocycles. The van der Waals surface area contributed by atoms with E-state index < -0.39 is 5.97 Å². The van der Waals surface area contributed by atoms with Gasteiger partial charge in [-0.05, 0) is 32.9 Å². The van der Waals surface area contributed by atoms with Crippen LogP contribution < -0.4 is 4.74 Å². The van der Waals surface area contributed by atoms with Crippen molar-refractivity contribution in [1.82, 2.24) is 4.90 Å². The van der Waals surface area contributed by atoms with Crippen molar-refractivity contribution >= 4 is 18.4 Å². The van der Waals surface area contributed by atoms with Gasteiger partial charge in [0.25, 0.3) is 0 Å². The summed E-state index contributed by atoms with van der Waals surface area (Å²) in [4.78, 5) is 13.1. The summed E-state index contributed by atoms with van der Waals surface area (Å²) < 4.78 is 5.79. The number of benzene rings is 1. The third kappa shape index (κ3) is 4.39. The normalized spacial score (nSPS) is 18.9. The first-order valence-corrected chi connectivity index (χ1v) is 6.76. The van der Waals surface area contributed by atoms with E-state index >= 15 is 0 Å². The van der Waals surface area contributed by atoms with Crippen LogP contribution in [-0.4, -0.2) is 35.2 Å². The van der Waals surface area contributed by atoms with E-state index in [2.05, 4.69) is 4.90 Å². The van der Waals surface area contributed by atoms with Crippen LogP contribution in [0, 0.1) is 5.92 Å². The van der Waals surface area contributed by atoms with Crippen LogP contribution in [0.3, 0.4) is 0 Å². The van der Waals surface area contributed by atoms with E-state index in [1.165, 1.54) is 0 Å². The Bertz CT molecular complexity index is 450. The van der Waals surface area contributed by atoms with Gasteiger partial charge in [0, 0.05) is 18.7 Å². The third-order valence-electron chi connectivity index (χ3n) is 3.35. The van der Waals surface area contributed by atoms with Gasteiger partial charge in [-0.1, -0.05) is 18.2 Å². The Labute approximate surface area is 126 Å². The van der Waals surface area contributed by atoms with Crippen LogP contribution in [0.25, 0.3) is 0 Å². The van der Waals surface area contributed by atoms with Gasteiger partial charge in [-0.25, -0.2) is 0 Å². The second kappa shape index (κ2) is 7.50. The molecule has 1 aliphatic rings. The van der Waals surface area contributed by atoms with Gasteiger partial charge in [0.1, 0.15) is 5.75 Å². The lowest BCUT2D eigenvalue weighted by Gasteiger charge is -2.19. The summed E-state index contributed by atoms with van der Waals surface area (Å²) in [5, 5.41) is 9.02. The van der Waals surface area contributed by atoms with Gasteiger partial charge in [0.05, 0.1) is 12.0 Å². The third-order valence-corrected chi connectivity index (χ3v) is 3.35. The number of aliphatic carboxylic acids is 1. The average Bonchev–Trinajstić information content (AvgIpc) is 2.80. The summed E-state index contributed by atoms with van der Waals surface area (Å²) in [5.74, 6) is -0.0105. The van der Waals surface area contributed by atoms with Crippen LogP contribution in [0.5, 0.6) is 5.75 Å². The molecule has 1 fully saturated rings. The van der Waals surface area contributed by atoms with Crippen molar-refractivity contribution in [2.24, 2.45) is 5.92 Å². The fourth-order valence-corrected chi connectivity index (χ4v) is 2.42. The molecule has 0 spiro atoms. The zero-order valence-corrected chi connectivity index (χ0v) is 12.7. The number of carboxylic acids is 1. The van der Waals surface area contributed by atoms with Gasteiger partial charge in [-0.3, -0.25) is 9.69 Å². The highest BCUT2D eigenvalue weighted by molar-refractivity contribution is 5.85. The van der Waals surface area contributed by atoms with Crippen molar-refractivity contribution in [3.8, 4) is 5.75 Å². The maximum absolute atomic E-state index is 11.0. The Kier molecular flexibility index (Phi) is 6.30. The molecule has 0 radical (unpaired) electrons. The number of rotatable bonds is 5. The maximum atomic E-state index is 11.0. The second-order valence-electron chi connectivity index (χ2n) is 5.33. The van der Waals surface area contributed by atoms with E-state index in [9.17, 15) is 4.79 Å². The molecular formula is C15H22ClNO3. The van der Waals surface area contributed by atoms with Gasteiger partial charge in [0.2, 0.25) is 0 Å². The average molecular weight is 300 g/mol. The lowest BCUT2D eigenvalue weighted by Crippen LogP contribution is -2.23. The van der Waals surface area contributed by atoms with Crippen molar-refractivity contribution in [2.75, 3.05) is 13.1 Å². The minimum absolute atomic E-state index is 0. The predicted octanol–water partition coefficient (Wildman–Crippen LogP) is 2.80. The number of para-hydroxylation sites is 1. The molecule has 0 saturated carbocycles. The van der Waals surface area contributed by atoms with Gasteiger partial charge in [-0.15, -0.1) is 12.4 Å². The molecule has 1 heterocycles. The molecule has 1 aromatic rings. The molecule has 20 heavy (non-hydrogen) atoms. The van der Waals surface area contributed by atoms with E-state index in [1.807, 2.05) is 38.1 Å². The van der Waals surface area contributed by atoms with E-state index in [0.717, 1.165) is 30.8 Å². The van der Waals surface area contributed by atoms with Crippen LogP contribution >= 0.6 is 12.4 Å². The molecular weight excluding hydrogens is 278 g/mol. The second-order valence-corrected chi connectivity index (χ2v) is 5.33. The van der Waals surface area contributed by atoms with Crippen LogP contribution in [0.15, 0.2) is 24.3 Å². The number of halogens is 1. The topological polar surface area (TPSA) is 49.8 Å². The lowest BCUT2D eigenvalue weighted by molar-refractivity contribution is -0.141. The Balaban J connectivity index is 0.00000200. The minimum Gasteiger partial charge on any atom is -0.491 e. The lowest BCUT2D eigenvalue weighted by atomic mass is 10.1. The molecule has 0 bridgehead atoms. The van der Waals surface area contributed by atoms with Crippen LogP contribution in [0.4, 0.5) is 0 Å². The first kappa shape index (κ1) is 16.8. The molecule has 1 N–H and O–H groups in total. The molecule has 1 unspecified atom stereocenters. The number of carboxylic acid groups (broad SMARTS) is 1. The molecule has 0 amide bonds. The Morgan fingerprint density at radius 1 is 1.45 bits per heavy atom. The van der Waals surface area contributed by atoms with Crippen molar-refractivity contribution in [2.45, 2.75) is 32.9 Å². The Hall–Kier alpha value is -1.26. The summed E-state index contributed by atoms with van der Waals surface area (Å²) in [6.45, 7) is 6.24. The minimum atomic E-state index is -0.686. The van der Waals surface area contributed by atoms with Crippen LogP contribution in [-0.2, 0) is 11.3 Å². The van der Waals surface area contributed by atoms with Gasteiger partial charge in [-0.2, -0.15) is 0 Å². The zero-order chi connectivity index (χ0) is 13.8. The Morgan fingerprint density at radius 2 is 2.15 bits per heavy atom. The van der Waals surface area contributed by atoms with Gasteiger partial charge in [0.15, 0.2) is 0 Å². The molecule has 1 atom stereocenters. The van der Waals surface area contributed by atoms with E-state index in [4.69, 9.17) is 9.84 Å². The van der Waals surface area contributed by atoms with E-state index in [0.29, 0.717) is 6.54 Å². The molecule has 5 heteroatoms. The van der Waals surface area contributed by atoms with Crippen molar-refractivity contribution in [3.63, 3.8) is 0 Å². The van der Waals surface area contributed by atoms with E-state index in [-0.39, 0.29) is 24.4 Å². The molecule has 1 aliphatic heterocycles. The van der Waals surface area contributed by atoms with Crippen LogP contribution in [0.2, 0.25) is 0 Å². The zero-order valence-electron chi connectivity index (χ0n) is 11.9. The standard InChI is InChI=1S/C15H21NO3.ClH/c1-11(2)19-14-6-4-3-5-12(14)9-16-8-7-13(10-16)15(17)18;/h3-6,11,13H,7-10H2,1-2H3,(H,17,18);1H. The molecule has 112 valence electrons. The quantitative estimate of drug-likeness (QED) is 0.908. The van der Waals surface area contributed by atoms with Crippen molar-refractivity contribution in [3.05, 3.63) is 29.8 Å². The number of carbonyl (C=O) groups is 1. The molecule has 0 aliphatic carbocycles. The first-order valence-electron chi connectivity index (χ1n) is 6.76. The van der Waals surface area contributed by atoms with Gasteiger partial charge < -0.3 is 9.84 Å². The highest BCUT2D eigenvalue weighted by atomic mass is 35.5. The van der Waals surface area contributed by atoms with Gasteiger partial charge >= 0.3 is 5.97 Å². The first-order chi connectivity index (χ1) is 9.06. The van der Waals surface area contributed by atoms with Crippen molar-refractivity contribution < 1.29 is 14.6 Å². The molecule has 0 aromatic heterocycles. The van der Waals surface area contributed by atoms with E-state index in [1.54, 1.807) is 0 Å². The fraction of sp³-hybridized carbons (Fsp3) is 0.533. The molecule has 2 rings (SSSR count). The summed E-state index contributed by atoms with van der Waals surface area (Å²) in [5.41, 5.74) is 1.13. The monoisotopic (exact) mass is 299 g/mol. The number of hydrogen-bond acceptors (Lipinski definition) is 3. The summed E-state index contributed by atoms with van der Waals surface area (Å²) in [6, 6.07) is 7.98. The number of likely N-dealkylation sites (tertiary alicyclic amines) is 1. The number of ether oxygens (including phenoxy) is 1. The smallest absolute Gasteiger partial charge is 0.307 e. The van der Waals surface area contributed by atoms with Crippen molar-refractivity contribution in [1.29, 1.82) is 0 Å². The predicted molar refractivity (Wildman–Crippen MR) is 80.5 cm³/mol. The largest absolute Gasteiger partial charge is 0.491 e. The molecule has 4 nitrogen and oxygen atoms in total. The SMILES string of the molecule is CC(C)Oc1ccccc1CN1CCC(C(=O)O)C1.Cl. The highest BCUT2D eigenvalue weighted by Gasteiger charge is 2.28. The summed E-state index contributed by atoms with van der Waals surface area (Å²) in [6.07, 6.45) is 0.884.